The Balaban J connectivity index is 1.75. The van der Waals surface area contributed by atoms with Gasteiger partial charge in [-0.2, -0.15) is 0 Å². The lowest BCUT2D eigenvalue weighted by Crippen LogP contribution is -2.57. The van der Waals surface area contributed by atoms with Crippen molar-refractivity contribution in [3.63, 3.8) is 0 Å². The standard InChI is InChI=1S/C19H25FN4O4/c1-2-23(12-4-3-5-12)17(18(21)26)19(27)22-15-7-6-13(10-14(15)20)24-8-9-28-11-16(24)25/h6-7,10,12,17H,2-5,8-9,11H2,1H3,(H2,21,26)(H,22,27)/t17-/m1/s1. The number of likely N-dealkylation sites (N-methyl/N-ethyl adjacent to an activating group) is 1. The van der Waals surface area contributed by atoms with Gasteiger partial charge in [0.1, 0.15) is 12.4 Å². The Hall–Kier alpha value is -2.52. The van der Waals surface area contributed by atoms with Crippen molar-refractivity contribution in [1.29, 1.82) is 0 Å². The Morgan fingerprint density at radius 1 is 1.43 bits per heavy atom. The third-order valence-electron chi connectivity index (χ3n) is 5.27. The molecule has 28 heavy (non-hydrogen) atoms. The molecule has 9 heteroatoms. The van der Waals surface area contributed by atoms with Gasteiger partial charge in [0, 0.05) is 18.3 Å². The molecule has 2 fully saturated rings. The number of benzene rings is 1. The van der Waals surface area contributed by atoms with Crippen LogP contribution in [0.2, 0.25) is 0 Å². The van der Waals surface area contributed by atoms with Crippen molar-refractivity contribution in [2.75, 3.05) is 36.5 Å². The number of ether oxygens (including phenoxy) is 1. The first kappa shape index (κ1) is 20.2. The highest BCUT2D eigenvalue weighted by molar-refractivity contribution is 6.09. The summed E-state index contributed by atoms with van der Waals surface area (Å²) in [5, 5.41) is 2.47. The molecule has 0 bridgehead atoms. The van der Waals surface area contributed by atoms with E-state index >= 15 is 0 Å². The number of morpholine rings is 1. The second kappa shape index (κ2) is 8.66. The predicted molar refractivity (Wildman–Crippen MR) is 101 cm³/mol. The van der Waals surface area contributed by atoms with E-state index in [0.717, 1.165) is 19.3 Å². The van der Waals surface area contributed by atoms with E-state index < -0.39 is 23.7 Å². The van der Waals surface area contributed by atoms with Crippen LogP contribution in [-0.2, 0) is 19.1 Å². The minimum absolute atomic E-state index is 0.0472. The molecule has 1 aromatic carbocycles. The predicted octanol–water partition coefficient (Wildman–Crippen LogP) is 0.856. The zero-order chi connectivity index (χ0) is 20.3. The van der Waals surface area contributed by atoms with Gasteiger partial charge in [-0.1, -0.05) is 13.3 Å². The summed E-state index contributed by atoms with van der Waals surface area (Å²) in [6.45, 7) is 3.01. The summed E-state index contributed by atoms with van der Waals surface area (Å²) in [6.07, 6.45) is 2.85. The van der Waals surface area contributed by atoms with Crippen LogP contribution >= 0.6 is 0 Å². The number of nitrogens with two attached hydrogens (primary N) is 1. The number of nitrogens with zero attached hydrogens (tertiary/aromatic N) is 2. The van der Waals surface area contributed by atoms with Gasteiger partial charge in [0.25, 0.3) is 11.8 Å². The molecule has 152 valence electrons. The third-order valence-corrected chi connectivity index (χ3v) is 5.27. The number of rotatable bonds is 7. The maximum atomic E-state index is 14.6. The van der Waals surface area contributed by atoms with Crippen molar-refractivity contribution in [2.45, 2.75) is 38.3 Å². The normalized spacial score (nSPS) is 18.7. The number of carbonyl (C=O) groups excluding carboxylic acids is 3. The van der Waals surface area contributed by atoms with Crippen molar-refractivity contribution >= 4 is 29.1 Å². The smallest absolute Gasteiger partial charge is 0.253 e. The van der Waals surface area contributed by atoms with Gasteiger partial charge in [0.05, 0.1) is 12.3 Å². The lowest BCUT2D eigenvalue weighted by Gasteiger charge is -2.40. The number of hydrogen-bond donors (Lipinski definition) is 2. The molecular weight excluding hydrogens is 367 g/mol. The van der Waals surface area contributed by atoms with Crippen LogP contribution in [0.25, 0.3) is 0 Å². The van der Waals surface area contributed by atoms with Gasteiger partial charge in [-0.25, -0.2) is 4.39 Å². The number of nitrogens with one attached hydrogen (secondary N) is 1. The minimum atomic E-state index is -1.16. The number of halogens is 1. The molecule has 8 nitrogen and oxygen atoms in total. The van der Waals surface area contributed by atoms with Crippen molar-refractivity contribution in [2.24, 2.45) is 5.73 Å². The zero-order valence-corrected chi connectivity index (χ0v) is 15.8. The fourth-order valence-corrected chi connectivity index (χ4v) is 3.58. The van der Waals surface area contributed by atoms with Crippen molar-refractivity contribution in [3.8, 4) is 0 Å². The lowest BCUT2D eigenvalue weighted by atomic mass is 9.90. The summed E-state index contributed by atoms with van der Waals surface area (Å²) in [5.41, 5.74) is 5.79. The molecule has 1 aromatic rings. The number of anilines is 2. The van der Waals surface area contributed by atoms with Crippen LogP contribution in [0.5, 0.6) is 0 Å². The maximum Gasteiger partial charge on any atom is 0.253 e. The molecule has 1 aliphatic heterocycles. The summed E-state index contributed by atoms with van der Waals surface area (Å²) in [6, 6.07) is 3.08. The zero-order valence-electron chi connectivity index (χ0n) is 15.8. The van der Waals surface area contributed by atoms with E-state index in [0.29, 0.717) is 25.4 Å². The summed E-state index contributed by atoms with van der Waals surface area (Å²) in [5.74, 6) is -2.37. The second-order valence-electron chi connectivity index (χ2n) is 6.97. The Labute approximate surface area is 162 Å². The highest BCUT2D eigenvalue weighted by Gasteiger charge is 2.37. The lowest BCUT2D eigenvalue weighted by molar-refractivity contribution is -0.134. The van der Waals surface area contributed by atoms with Crippen LogP contribution in [0.4, 0.5) is 15.8 Å². The molecule has 1 saturated carbocycles. The molecule has 0 unspecified atom stereocenters. The van der Waals surface area contributed by atoms with E-state index in [2.05, 4.69) is 5.32 Å². The number of carbonyl (C=O) groups is 3. The van der Waals surface area contributed by atoms with Gasteiger partial charge < -0.3 is 20.7 Å². The van der Waals surface area contributed by atoms with Crippen LogP contribution in [-0.4, -0.2) is 61.0 Å². The molecule has 3 amide bonds. The first-order chi connectivity index (χ1) is 13.4. The second-order valence-corrected chi connectivity index (χ2v) is 6.97. The van der Waals surface area contributed by atoms with Crippen molar-refractivity contribution in [3.05, 3.63) is 24.0 Å². The number of primary amides is 1. The Morgan fingerprint density at radius 3 is 2.71 bits per heavy atom. The molecule has 1 heterocycles. The molecule has 2 aliphatic rings. The van der Waals surface area contributed by atoms with E-state index in [1.54, 1.807) is 11.0 Å². The van der Waals surface area contributed by atoms with Crippen LogP contribution in [0.3, 0.4) is 0 Å². The molecule has 1 aliphatic carbocycles. The van der Waals surface area contributed by atoms with E-state index in [9.17, 15) is 18.8 Å². The summed E-state index contributed by atoms with van der Waals surface area (Å²) in [7, 11) is 0. The van der Waals surface area contributed by atoms with Crippen molar-refractivity contribution in [1.82, 2.24) is 4.90 Å². The minimum Gasteiger partial charge on any atom is -0.370 e. The van der Waals surface area contributed by atoms with Crippen LogP contribution in [0, 0.1) is 5.82 Å². The first-order valence-electron chi connectivity index (χ1n) is 9.46. The monoisotopic (exact) mass is 392 g/mol. The van der Waals surface area contributed by atoms with Gasteiger partial charge in [0.2, 0.25) is 5.91 Å². The third kappa shape index (κ3) is 4.15. The fourth-order valence-electron chi connectivity index (χ4n) is 3.58. The average molecular weight is 392 g/mol. The summed E-state index contributed by atoms with van der Waals surface area (Å²) in [4.78, 5) is 39.7. The van der Waals surface area contributed by atoms with Crippen LogP contribution in [0.1, 0.15) is 26.2 Å². The molecular formula is C19H25FN4O4. The molecule has 0 spiro atoms. The fraction of sp³-hybridized carbons (Fsp3) is 0.526. The van der Waals surface area contributed by atoms with Gasteiger partial charge in [-0.3, -0.25) is 19.3 Å². The Kier molecular flexibility index (Phi) is 6.25. The van der Waals surface area contributed by atoms with Gasteiger partial charge in [-0.15, -0.1) is 0 Å². The average Bonchev–Trinajstić information content (AvgIpc) is 2.61. The Bertz CT molecular complexity index is 768. The molecule has 1 atom stereocenters. The highest BCUT2D eigenvalue weighted by Crippen LogP contribution is 2.27. The molecule has 0 aromatic heterocycles. The van der Waals surface area contributed by atoms with Gasteiger partial charge in [-0.05, 0) is 37.6 Å². The highest BCUT2D eigenvalue weighted by atomic mass is 19.1. The van der Waals surface area contributed by atoms with Gasteiger partial charge >= 0.3 is 0 Å². The molecule has 0 radical (unpaired) electrons. The summed E-state index contributed by atoms with van der Waals surface area (Å²) < 4.78 is 19.6. The molecule has 3 rings (SSSR count). The van der Waals surface area contributed by atoms with Crippen LogP contribution in [0.15, 0.2) is 18.2 Å². The Morgan fingerprint density at radius 2 is 2.18 bits per heavy atom. The number of amides is 3. The van der Waals surface area contributed by atoms with E-state index in [4.69, 9.17) is 10.5 Å². The summed E-state index contributed by atoms with van der Waals surface area (Å²) >= 11 is 0. The van der Waals surface area contributed by atoms with Crippen molar-refractivity contribution < 1.29 is 23.5 Å². The SMILES string of the molecule is CCN(C1CCC1)[C@H](C(N)=O)C(=O)Nc1ccc(N2CCOCC2=O)cc1F. The molecule has 3 N–H and O–H groups in total. The van der Waals surface area contributed by atoms with Crippen LogP contribution < -0.4 is 16.0 Å². The topological polar surface area (TPSA) is 105 Å². The van der Waals surface area contributed by atoms with E-state index in [1.165, 1.54) is 17.0 Å². The van der Waals surface area contributed by atoms with Gasteiger partial charge in [0.15, 0.2) is 6.04 Å². The quantitative estimate of drug-likeness (QED) is 0.670. The van der Waals surface area contributed by atoms with E-state index in [-0.39, 0.29) is 24.2 Å². The first-order valence-corrected chi connectivity index (χ1v) is 9.46. The number of hydrogen-bond acceptors (Lipinski definition) is 5. The maximum absolute atomic E-state index is 14.6. The largest absolute Gasteiger partial charge is 0.370 e. The van der Waals surface area contributed by atoms with E-state index in [1.807, 2.05) is 6.92 Å². The molecule has 1 saturated heterocycles.